The molecule has 0 bridgehead atoms. The number of aromatic nitrogens is 1. The zero-order chi connectivity index (χ0) is 21.2. The summed E-state index contributed by atoms with van der Waals surface area (Å²) < 4.78 is 11.8. The summed E-state index contributed by atoms with van der Waals surface area (Å²) in [6.45, 7) is 9.51. The van der Waals surface area contributed by atoms with Crippen LogP contribution in [0.3, 0.4) is 0 Å². The summed E-state index contributed by atoms with van der Waals surface area (Å²) in [5, 5.41) is 6.89. The van der Waals surface area contributed by atoms with Crippen LogP contribution in [0.15, 0.2) is 9.41 Å². The molecule has 1 aromatic rings. The number of halogens is 1. The molecule has 0 radical (unpaired) electrons. The molecule has 3 rings (SSSR count). The van der Waals surface area contributed by atoms with Crippen molar-refractivity contribution < 1.29 is 9.15 Å². The lowest BCUT2D eigenvalue weighted by Crippen LogP contribution is -2.43. The molecule has 0 unspecified atom stereocenters. The maximum Gasteiger partial charge on any atom is 0.208 e. The quantitative estimate of drug-likeness (QED) is 0.168. The Bertz CT molecular complexity index is 631. The van der Waals surface area contributed by atoms with E-state index in [0.29, 0.717) is 12.0 Å². The van der Waals surface area contributed by atoms with Gasteiger partial charge in [0.25, 0.3) is 0 Å². The van der Waals surface area contributed by atoms with Crippen LogP contribution < -0.4 is 10.6 Å². The van der Waals surface area contributed by atoms with E-state index in [1.54, 1.807) is 0 Å². The van der Waals surface area contributed by atoms with Gasteiger partial charge in [0.2, 0.25) is 5.89 Å². The number of guanidine groups is 1. The third kappa shape index (κ3) is 9.26. The highest BCUT2D eigenvalue weighted by atomic mass is 127. The van der Waals surface area contributed by atoms with Gasteiger partial charge in [-0.05, 0) is 58.5 Å². The van der Waals surface area contributed by atoms with Crippen LogP contribution in [0, 0.1) is 19.8 Å². The Morgan fingerprint density at radius 2 is 1.81 bits per heavy atom. The highest BCUT2D eigenvalue weighted by molar-refractivity contribution is 14.0. The second-order valence-corrected chi connectivity index (χ2v) is 8.83. The van der Waals surface area contributed by atoms with Crippen molar-refractivity contribution in [2.45, 2.75) is 77.9 Å². The fraction of sp³-hybridized carbons (Fsp3) is 0.826. The second-order valence-electron chi connectivity index (χ2n) is 8.83. The molecule has 178 valence electrons. The van der Waals surface area contributed by atoms with Crippen LogP contribution in [0.5, 0.6) is 0 Å². The van der Waals surface area contributed by atoms with E-state index >= 15 is 0 Å². The molecule has 8 heteroatoms. The number of likely N-dealkylation sites (tertiary alicyclic amines) is 1. The predicted molar refractivity (Wildman–Crippen MR) is 136 cm³/mol. The van der Waals surface area contributed by atoms with Gasteiger partial charge in [-0.25, -0.2) is 4.98 Å². The average Bonchev–Trinajstić information content (AvgIpc) is 2.93. The van der Waals surface area contributed by atoms with Gasteiger partial charge in [0.05, 0.1) is 24.9 Å². The summed E-state index contributed by atoms with van der Waals surface area (Å²) in [6.07, 6.45) is 10.6. The molecule has 1 saturated carbocycles. The van der Waals surface area contributed by atoms with E-state index in [1.165, 1.54) is 51.4 Å². The first kappa shape index (κ1) is 26.4. The molecule has 31 heavy (non-hydrogen) atoms. The molecule has 2 fully saturated rings. The van der Waals surface area contributed by atoms with Crippen LogP contribution in [0.1, 0.15) is 68.7 Å². The average molecular weight is 548 g/mol. The van der Waals surface area contributed by atoms with Crippen LogP contribution in [0.4, 0.5) is 0 Å². The smallest absolute Gasteiger partial charge is 0.208 e. The van der Waals surface area contributed by atoms with E-state index in [-0.39, 0.29) is 24.0 Å². The molecule has 0 aromatic carbocycles. The minimum absolute atomic E-state index is 0. The minimum atomic E-state index is 0. The van der Waals surface area contributed by atoms with Crippen molar-refractivity contribution in [2.24, 2.45) is 10.9 Å². The normalized spacial score (nSPS) is 19.6. The number of aryl methyl sites for hydroxylation is 2. The Labute approximate surface area is 205 Å². The topological polar surface area (TPSA) is 74.9 Å². The van der Waals surface area contributed by atoms with Crippen LogP contribution in [0.2, 0.25) is 0 Å². The lowest BCUT2D eigenvalue weighted by molar-refractivity contribution is 0.0468. The van der Waals surface area contributed by atoms with Crippen molar-refractivity contribution in [2.75, 3.05) is 39.8 Å². The number of nitrogens with one attached hydrogen (secondary N) is 2. The standard InChI is InChI=1S/C23H41N5O2.HI/c1-18-19(2)30-22(27-18)17-28-13-10-20(11-14-28)16-26-23(24-3)25-12-15-29-21-8-6-4-5-7-9-21;/h20-21H,4-17H2,1-3H3,(H2,24,25,26);1H. The molecule has 1 saturated heterocycles. The Morgan fingerprint density at radius 1 is 1.10 bits per heavy atom. The van der Waals surface area contributed by atoms with Gasteiger partial charge in [0.1, 0.15) is 5.76 Å². The van der Waals surface area contributed by atoms with Crippen molar-refractivity contribution in [3.63, 3.8) is 0 Å². The molecule has 2 N–H and O–H groups in total. The second kappa shape index (κ2) is 14.3. The minimum Gasteiger partial charge on any atom is -0.444 e. The number of piperidine rings is 1. The van der Waals surface area contributed by atoms with Crippen LogP contribution in [-0.2, 0) is 11.3 Å². The largest absolute Gasteiger partial charge is 0.444 e. The van der Waals surface area contributed by atoms with E-state index < -0.39 is 0 Å². The highest BCUT2D eigenvalue weighted by Gasteiger charge is 2.21. The predicted octanol–water partition coefficient (Wildman–Crippen LogP) is 4.03. The number of hydrogen-bond acceptors (Lipinski definition) is 5. The fourth-order valence-corrected chi connectivity index (χ4v) is 4.41. The maximum atomic E-state index is 6.06. The third-order valence-electron chi connectivity index (χ3n) is 6.47. The van der Waals surface area contributed by atoms with Crippen molar-refractivity contribution in [3.8, 4) is 0 Å². The molecule has 0 spiro atoms. The van der Waals surface area contributed by atoms with Crippen LogP contribution in [-0.4, -0.2) is 61.8 Å². The molecule has 1 aliphatic carbocycles. The van der Waals surface area contributed by atoms with Crippen LogP contribution in [0.25, 0.3) is 0 Å². The summed E-state index contributed by atoms with van der Waals surface area (Å²) in [5.74, 6) is 3.34. The Hall–Kier alpha value is -0.870. The van der Waals surface area contributed by atoms with E-state index in [2.05, 4.69) is 25.5 Å². The molecule has 2 aliphatic rings. The maximum absolute atomic E-state index is 6.06. The number of ether oxygens (including phenoxy) is 1. The Kier molecular flexibility index (Phi) is 12.2. The van der Waals surface area contributed by atoms with Crippen molar-refractivity contribution in [3.05, 3.63) is 17.3 Å². The van der Waals surface area contributed by atoms with Crippen molar-refractivity contribution >= 4 is 29.9 Å². The molecular weight excluding hydrogens is 505 g/mol. The lowest BCUT2D eigenvalue weighted by Gasteiger charge is -2.31. The van der Waals surface area contributed by atoms with Crippen molar-refractivity contribution in [1.29, 1.82) is 0 Å². The summed E-state index contributed by atoms with van der Waals surface area (Å²) in [7, 11) is 1.84. The van der Waals surface area contributed by atoms with Gasteiger partial charge < -0.3 is 19.8 Å². The molecular formula is C23H42IN5O2. The zero-order valence-corrected chi connectivity index (χ0v) is 22.0. The third-order valence-corrected chi connectivity index (χ3v) is 6.47. The number of hydrogen-bond donors (Lipinski definition) is 2. The van der Waals surface area contributed by atoms with E-state index in [1.807, 2.05) is 20.9 Å². The molecule has 0 atom stereocenters. The number of nitrogens with zero attached hydrogens (tertiary/aromatic N) is 3. The van der Waals surface area contributed by atoms with E-state index in [4.69, 9.17) is 9.15 Å². The van der Waals surface area contributed by atoms with Gasteiger partial charge in [-0.15, -0.1) is 24.0 Å². The van der Waals surface area contributed by atoms with Gasteiger partial charge in [0.15, 0.2) is 5.96 Å². The van der Waals surface area contributed by atoms with Gasteiger partial charge >= 0.3 is 0 Å². The summed E-state index contributed by atoms with van der Waals surface area (Å²) in [4.78, 5) is 11.3. The molecule has 7 nitrogen and oxygen atoms in total. The molecule has 1 aromatic heterocycles. The first-order valence-electron chi connectivity index (χ1n) is 11.9. The molecule has 2 heterocycles. The van der Waals surface area contributed by atoms with Gasteiger partial charge in [0, 0.05) is 20.1 Å². The highest BCUT2D eigenvalue weighted by Crippen LogP contribution is 2.20. The zero-order valence-electron chi connectivity index (χ0n) is 19.6. The van der Waals surface area contributed by atoms with E-state index in [0.717, 1.165) is 62.6 Å². The van der Waals surface area contributed by atoms with Crippen LogP contribution >= 0.6 is 24.0 Å². The molecule has 0 amide bonds. The first-order valence-corrected chi connectivity index (χ1v) is 11.9. The van der Waals surface area contributed by atoms with Gasteiger partial charge in [-0.1, -0.05) is 25.7 Å². The summed E-state index contributed by atoms with van der Waals surface area (Å²) >= 11 is 0. The molecule has 1 aliphatic heterocycles. The SMILES string of the molecule is CN=C(NCCOC1CCCCCC1)NCC1CCN(Cc2nc(C)c(C)o2)CC1.I. The fourth-order valence-electron chi connectivity index (χ4n) is 4.41. The Morgan fingerprint density at radius 3 is 2.42 bits per heavy atom. The number of rotatable bonds is 8. The summed E-state index contributed by atoms with van der Waals surface area (Å²) in [6, 6.07) is 0. The van der Waals surface area contributed by atoms with E-state index in [9.17, 15) is 0 Å². The van der Waals surface area contributed by atoms with Gasteiger partial charge in [-0.2, -0.15) is 0 Å². The first-order chi connectivity index (χ1) is 14.6. The summed E-state index contributed by atoms with van der Waals surface area (Å²) in [5.41, 5.74) is 1.00. The lowest BCUT2D eigenvalue weighted by atomic mass is 9.97. The number of oxazole rings is 1. The number of aliphatic imine (C=N–C) groups is 1. The van der Waals surface area contributed by atoms with Crippen molar-refractivity contribution in [1.82, 2.24) is 20.5 Å². The monoisotopic (exact) mass is 547 g/mol. The van der Waals surface area contributed by atoms with Gasteiger partial charge in [-0.3, -0.25) is 9.89 Å². The Balaban J connectivity index is 0.00000341.